The van der Waals surface area contributed by atoms with Crippen LogP contribution in [0.5, 0.6) is 0 Å². The molecule has 8 heteroatoms. The number of aliphatic carboxylic acids is 1. The molecule has 0 spiro atoms. The highest BCUT2D eigenvalue weighted by Crippen LogP contribution is 2.15. The quantitative estimate of drug-likeness (QED) is 0.899. The molecule has 0 radical (unpaired) electrons. The van der Waals surface area contributed by atoms with Crippen LogP contribution in [0.4, 0.5) is 20.6 Å². The molecule has 0 saturated carbocycles. The summed E-state index contributed by atoms with van der Waals surface area (Å²) in [6.07, 6.45) is 2.75. The minimum atomic E-state index is -1.03. The van der Waals surface area contributed by atoms with Crippen molar-refractivity contribution >= 4 is 23.4 Å². The standard InChI is InChI=1S/C13H13FN4O3/c1-17(11-4-2-9(14)3-5-11)13(21)16-10-6-15-18(7-10)8-12(19)20/h2-7H,8H2,1H3,(H,16,21)(H,19,20). The van der Waals surface area contributed by atoms with Gasteiger partial charge in [0.15, 0.2) is 0 Å². The van der Waals surface area contributed by atoms with E-state index in [0.717, 1.165) is 0 Å². The molecule has 0 aliphatic carbocycles. The number of urea groups is 1. The number of nitrogens with one attached hydrogen (secondary N) is 1. The van der Waals surface area contributed by atoms with E-state index < -0.39 is 12.0 Å². The lowest BCUT2D eigenvalue weighted by atomic mass is 10.3. The van der Waals surface area contributed by atoms with Crippen LogP contribution in [0.1, 0.15) is 0 Å². The number of carbonyl (C=O) groups is 2. The molecule has 110 valence electrons. The number of hydrogen-bond donors (Lipinski definition) is 2. The van der Waals surface area contributed by atoms with Gasteiger partial charge in [-0.05, 0) is 24.3 Å². The second-order valence-electron chi connectivity index (χ2n) is 4.29. The summed E-state index contributed by atoms with van der Waals surface area (Å²) in [5.41, 5.74) is 0.891. The number of aromatic nitrogens is 2. The fraction of sp³-hybridized carbons (Fsp3) is 0.154. The van der Waals surface area contributed by atoms with E-state index >= 15 is 0 Å². The molecule has 7 nitrogen and oxygen atoms in total. The first-order chi connectivity index (χ1) is 9.95. The Morgan fingerprint density at radius 2 is 2.05 bits per heavy atom. The van der Waals surface area contributed by atoms with E-state index in [1.807, 2.05) is 0 Å². The lowest BCUT2D eigenvalue weighted by molar-refractivity contribution is -0.137. The maximum atomic E-state index is 12.8. The van der Waals surface area contributed by atoms with E-state index in [1.54, 1.807) is 0 Å². The number of benzene rings is 1. The SMILES string of the molecule is CN(C(=O)Nc1cnn(CC(=O)O)c1)c1ccc(F)cc1. The maximum Gasteiger partial charge on any atom is 0.326 e. The van der Waals surface area contributed by atoms with Crippen LogP contribution < -0.4 is 10.2 Å². The monoisotopic (exact) mass is 292 g/mol. The number of halogens is 1. The van der Waals surface area contributed by atoms with Gasteiger partial charge in [-0.2, -0.15) is 5.10 Å². The predicted octanol–water partition coefficient (Wildman–Crippen LogP) is 1.78. The van der Waals surface area contributed by atoms with Crippen LogP contribution in [-0.4, -0.2) is 33.9 Å². The van der Waals surface area contributed by atoms with Crippen molar-refractivity contribution in [1.29, 1.82) is 0 Å². The molecule has 2 aromatic rings. The van der Waals surface area contributed by atoms with Crippen molar-refractivity contribution in [1.82, 2.24) is 9.78 Å². The van der Waals surface area contributed by atoms with Crippen LogP contribution in [0.3, 0.4) is 0 Å². The van der Waals surface area contributed by atoms with Crippen molar-refractivity contribution in [2.75, 3.05) is 17.3 Å². The van der Waals surface area contributed by atoms with E-state index in [4.69, 9.17) is 5.11 Å². The molecule has 0 fully saturated rings. The van der Waals surface area contributed by atoms with Crippen molar-refractivity contribution in [2.24, 2.45) is 0 Å². The van der Waals surface area contributed by atoms with E-state index in [0.29, 0.717) is 11.4 Å². The molecule has 0 aliphatic heterocycles. The maximum absolute atomic E-state index is 12.8. The lowest BCUT2D eigenvalue weighted by Gasteiger charge is -2.17. The van der Waals surface area contributed by atoms with Gasteiger partial charge in [0, 0.05) is 18.9 Å². The molecule has 0 aliphatic rings. The van der Waals surface area contributed by atoms with Crippen LogP contribution in [0.15, 0.2) is 36.7 Å². The second kappa shape index (κ2) is 6.04. The summed E-state index contributed by atoms with van der Waals surface area (Å²) >= 11 is 0. The zero-order valence-corrected chi connectivity index (χ0v) is 11.2. The lowest BCUT2D eigenvalue weighted by Crippen LogP contribution is -2.30. The van der Waals surface area contributed by atoms with Crippen LogP contribution in [-0.2, 0) is 11.3 Å². The van der Waals surface area contributed by atoms with Gasteiger partial charge < -0.3 is 10.4 Å². The fourth-order valence-corrected chi connectivity index (χ4v) is 1.64. The van der Waals surface area contributed by atoms with E-state index in [9.17, 15) is 14.0 Å². The number of hydrogen-bond acceptors (Lipinski definition) is 3. The zero-order chi connectivity index (χ0) is 15.4. The Morgan fingerprint density at radius 1 is 1.38 bits per heavy atom. The fourth-order valence-electron chi connectivity index (χ4n) is 1.64. The van der Waals surface area contributed by atoms with E-state index in [1.165, 1.54) is 53.3 Å². The number of carboxylic acids is 1. The van der Waals surface area contributed by atoms with Gasteiger partial charge >= 0.3 is 12.0 Å². The third-order valence-corrected chi connectivity index (χ3v) is 2.70. The van der Waals surface area contributed by atoms with Crippen molar-refractivity contribution < 1.29 is 19.1 Å². The van der Waals surface area contributed by atoms with Gasteiger partial charge in [-0.15, -0.1) is 0 Å². The average Bonchev–Trinajstić information content (AvgIpc) is 2.85. The Bertz CT molecular complexity index is 654. The van der Waals surface area contributed by atoms with Crippen molar-refractivity contribution in [3.63, 3.8) is 0 Å². The van der Waals surface area contributed by atoms with Crippen LogP contribution in [0.25, 0.3) is 0 Å². The third kappa shape index (κ3) is 3.78. The van der Waals surface area contributed by atoms with Crippen LogP contribution in [0, 0.1) is 5.82 Å². The Hall–Kier alpha value is -2.90. The molecule has 1 aromatic carbocycles. The number of amides is 2. The zero-order valence-electron chi connectivity index (χ0n) is 11.2. The van der Waals surface area contributed by atoms with E-state index in [2.05, 4.69) is 10.4 Å². The average molecular weight is 292 g/mol. The first-order valence-corrected chi connectivity index (χ1v) is 6.00. The molecular weight excluding hydrogens is 279 g/mol. The number of rotatable bonds is 4. The molecule has 1 heterocycles. The Kier molecular flexibility index (Phi) is 4.17. The normalized spacial score (nSPS) is 10.2. The molecule has 2 amide bonds. The molecule has 0 unspecified atom stereocenters. The molecular formula is C13H13FN4O3. The highest BCUT2D eigenvalue weighted by Gasteiger charge is 2.12. The molecule has 1 aromatic heterocycles. The molecule has 0 bridgehead atoms. The van der Waals surface area contributed by atoms with Gasteiger partial charge in [0.2, 0.25) is 0 Å². The van der Waals surface area contributed by atoms with Gasteiger partial charge in [-0.3, -0.25) is 14.4 Å². The van der Waals surface area contributed by atoms with Gasteiger partial charge in [0.05, 0.1) is 11.9 Å². The summed E-state index contributed by atoms with van der Waals surface area (Å²) in [4.78, 5) is 23.8. The number of anilines is 2. The Morgan fingerprint density at radius 3 is 2.67 bits per heavy atom. The van der Waals surface area contributed by atoms with Crippen LogP contribution >= 0.6 is 0 Å². The van der Waals surface area contributed by atoms with Crippen molar-refractivity contribution in [3.8, 4) is 0 Å². The topological polar surface area (TPSA) is 87.5 Å². The number of nitrogens with zero attached hydrogens (tertiary/aromatic N) is 3. The predicted molar refractivity (Wildman–Crippen MR) is 73.7 cm³/mol. The van der Waals surface area contributed by atoms with Gasteiger partial charge in [-0.25, -0.2) is 9.18 Å². The van der Waals surface area contributed by atoms with Gasteiger partial charge in [-0.1, -0.05) is 0 Å². The summed E-state index contributed by atoms with van der Waals surface area (Å²) in [6.45, 7) is -0.288. The van der Waals surface area contributed by atoms with E-state index in [-0.39, 0.29) is 12.4 Å². The highest BCUT2D eigenvalue weighted by atomic mass is 19.1. The number of carboxylic acid groups (broad SMARTS) is 1. The van der Waals surface area contributed by atoms with Crippen LogP contribution in [0.2, 0.25) is 0 Å². The smallest absolute Gasteiger partial charge is 0.326 e. The second-order valence-corrected chi connectivity index (χ2v) is 4.29. The first-order valence-electron chi connectivity index (χ1n) is 6.00. The minimum Gasteiger partial charge on any atom is -0.480 e. The number of carbonyl (C=O) groups excluding carboxylic acids is 1. The largest absolute Gasteiger partial charge is 0.480 e. The minimum absolute atomic E-state index is 0.288. The first kappa shape index (κ1) is 14.5. The molecule has 0 saturated heterocycles. The molecule has 0 atom stereocenters. The molecule has 21 heavy (non-hydrogen) atoms. The van der Waals surface area contributed by atoms with Gasteiger partial charge in [0.25, 0.3) is 0 Å². The summed E-state index contributed by atoms with van der Waals surface area (Å²) in [7, 11) is 1.53. The summed E-state index contributed by atoms with van der Waals surface area (Å²) in [5, 5.41) is 15.0. The van der Waals surface area contributed by atoms with Crippen molar-refractivity contribution in [2.45, 2.75) is 6.54 Å². The van der Waals surface area contributed by atoms with Gasteiger partial charge in [0.1, 0.15) is 12.4 Å². The summed E-state index contributed by atoms with van der Waals surface area (Å²) < 4.78 is 14.0. The summed E-state index contributed by atoms with van der Waals surface area (Å²) in [6, 6.07) is 5.01. The highest BCUT2D eigenvalue weighted by molar-refractivity contribution is 6.01. The van der Waals surface area contributed by atoms with Crippen molar-refractivity contribution in [3.05, 3.63) is 42.5 Å². The third-order valence-electron chi connectivity index (χ3n) is 2.70. The Labute approximate surface area is 119 Å². The molecule has 2 rings (SSSR count). The summed E-state index contributed by atoms with van der Waals surface area (Å²) in [5.74, 6) is -1.41. The molecule has 2 N–H and O–H groups in total. The Balaban J connectivity index is 2.01.